The lowest BCUT2D eigenvalue weighted by Gasteiger charge is -2.21. The zero-order valence-electron chi connectivity index (χ0n) is 14.2. The van der Waals surface area contributed by atoms with Gasteiger partial charge in [-0.25, -0.2) is 0 Å². The predicted octanol–water partition coefficient (Wildman–Crippen LogP) is 4.85. The van der Waals surface area contributed by atoms with Crippen molar-refractivity contribution in [3.05, 3.63) is 57.2 Å². The Bertz CT molecular complexity index is 919. The van der Waals surface area contributed by atoms with E-state index in [2.05, 4.69) is 0 Å². The summed E-state index contributed by atoms with van der Waals surface area (Å²) in [5.41, 5.74) is 0.598. The minimum absolute atomic E-state index is 0.00475. The number of thiocarbonyl (C=S) groups is 1. The number of nitro benzene ring substituents is 1. The van der Waals surface area contributed by atoms with Gasteiger partial charge in [0, 0.05) is 29.8 Å². The minimum Gasteiger partial charge on any atom is -0.457 e. The molecule has 0 aliphatic carbocycles. The van der Waals surface area contributed by atoms with Crippen molar-refractivity contribution in [3.8, 4) is 11.3 Å². The maximum Gasteiger partial charge on any atom is 0.270 e. The van der Waals surface area contributed by atoms with E-state index in [1.54, 1.807) is 35.2 Å². The molecule has 1 aliphatic rings. The van der Waals surface area contributed by atoms with Crippen molar-refractivity contribution in [1.82, 2.24) is 4.90 Å². The summed E-state index contributed by atoms with van der Waals surface area (Å²) in [6, 6.07) is 9.71. The number of nitrogens with zero attached hydrogens (tertiary/aromatic N) is 2. The second-order valence-corrected chi connectivity index (χ2v) is 7.49. The van der Waals surface area contributed by atoms with Crippen LogP contribution in [0.4, 0.5) is 5.69 Å². The van der Waals surface area contributed by atoms with Crippen molar-refractivity contribution >= 4 is 46.0 Å². The predicted molar refractivity (Wildman–Crippen MR) is 106 cm³/mol. The minimum atomic E-state index is -0.451. The van der Waals surface area contributed by atoms with E-state index in [0.29, 0.717) is 26.3 Å². The quantitative estimate of drug-likeness (QED) is 0.315. The van der Waals surface area contributed by atoms with Crippen LogP contribution >= 0.6 is 24.0 Å². The normalized spacial score (nSPS) is 17.2. The van der Waals surface area contributed by atoms with Crippen LogP contribution in [0.25, 0.3) is 17.4 Å². The number of hydrogen-bond donors (Lipinski definition) is 0. The smallest absolute Gasteiger partial charge is 0.270 e. The summed E-state index contributed by atoms with van der Waals surface area (Å²) in [6.45, 7) is 3.96. The molecule has 6 nitrogen and oxygen atoms in total. The Labute approximate surface area is 160 Å². The molecule has 0 spiro atoms. The van der Waals surface area contributed by atoms with Crippen molar-refractivity contribution in [2.45, 2.75) is 26.3 Å². The van der Waals surface area contributed by atoms with Gasteiger partial charge in [-0.3, -0.25) is 19.8 Å². The standard InChI is InChI=1S/C18H16N2O4S2/c1-3-11(2)19-17(21)16(26-18(19)25)10-14-7-8-15(24-14)12-5-4-6-13(9-12)20(22)23/h4-11H,3H2,1-2H3/b16-10+/t11-/m0/s1. The van der Waals surface area contributed by atoms with Crippen molar-refractivity contribution in [2.75, 3.05) is 0 Å². The molecular formula is C18H16N2O4S2. The van der Waals surface area contributed by atoms with E-state index in [1.807, 2.05) is 13.8 Å². The number of carbonyl (C=O) groups excluding carboxylic acids is 1. The number of nitro groups is 1. The molecule has 1 amide bonds. The summed E-state index contributed by atoms with van der Waals surface area (Å²) in [4.78, 5) is 25.1. The van der Waals surface area contributed by atoms with Gasteiger partial charge in [0.1, 0.15) is 15.8 Å². The largest absolute Gasteiger partial charge is 0.457 e. The fourth-order valence-corrected chi connectivity index (χ4v) is 3.97. The van der Waals surface area contributed by atoms with Gasteiger partial charge in [-0.05, 0) is 25.5 Å². The lowest BCUT2D eigenvalue weighted by molar-refractivity contribution is -0.384. The van der Waals surface area contributed by atoms with Crippen LogP contribution in [0.1, 0.15) is 26.0 Å². The lowest BCUT2D eigenvalue weighted by atomic mass is 10.1. The molecule has 1 aromatic carbocycles. The maximum absolute atomic E-state index is 12.5. The first-order chi connectivity index (χ1) is 12.4. The van der Waals surface area contributed by atoms with E-state index < -0.39 is 4.92 Å². The molecule has 0 radical (unpaired) electrons. The molecule has 2 aromatic rings. The molecule has 26 heavy (non-hydrogen) atoms. The number of thioether (sulfide) groups is 1. The Morgan fingerprint density at radius 1 is 1.38 bits per heavy atom. The Hall–Kier alpha value is -2.45. The summed E-state index contributed by atoms with van der Waals surface area (Å²) < 4.78 is 6.29. The van der Waals surface area contributed by atoms with Gasteiger partial charge in [-0.2, -0.15) is 0 Å². The Morgan fingerprint density at radius 3 is 2.85 bits per heavy atom. The highest BCUT2D eigenvalue weighted by Crippen LogP contribution is 2.35. The van der Waals surface area contributed by atoms with E-state index >= 15 is 0 Å². The topological polar surface area (TPSA) is 76.6 Å². The number of amides is 1. The van der Waals surface area contributed by atoms with Gasteiger partial charge in [-0.15, -0.1) is 0 Å². The molecule has 3 rings (SSSR count). The highest BCUT2D eigenvalue weighted by atomic mass is 32.2. The summed E-state index contributed by atoms with van der Waals surface area (Å²) in [7, 11) is 0. The molecule has 134 valence electrons. The summed E-state index contributed by atoms with van der Waals surface area (Å²) in [5.74, 6) is 0.871. The second-order valence-electron chi connectivity index (χ2n) is 5.82. The van der Waals surface area contributed by atoms with Crippen molar-refractivity contribution < 1.29 is 14.1 Å². The van der Waals surface area contributed by atoms with E-state index in [-0.39, 0.29) is 17.6 Å². The molecule has 8 heteroatoms. The van der Waals surface area contributed by atoms with Crippen LogP contribution < -0.4 is 0 Å². The molecule has 0 bridgehead atoms. The first kappa shape index (κ1) is 18.3. The highest BCUT2D eigenvalue weighted by molar-refractivity contribution is 8.26. The Kier molecular flexibility index (Phi) is 5.24. The fraction of sp³-hybridized carbons (Fsp3) is 0.222. The number of hydrogen-bond acceptors (Lipinski definition) is 6. The van der Waals surface area contributed by atoms with Crippen LogP contribution in [0.15, 0.2) is 45.7 Å². The number of carbonyl (C=O) groups is 1. The first-order valence-corrected chi connectivity index (χ1v) is 9.25. The van der Waals surface area contributed by atoms with Crippen LogP contribution in [-0.2, 0) is 4.79 Å². The SMILES string of the molecule is CC[C@H](C)N1C(=O)/C(=C\c2ccc(-c3cccc([N+](=O)[O-])c3)o2)SC1=S. The van der Waals surface area contributed by atoms with Gasteiger partial charge in [0.05, 0.1) is 9.83 Å². The van der Waals surface area contributed by atoms with Gasteiger partial charge in [0.2, 0.25) is 0 Å². The monoisotopic (exact) mass is 388 g/mol. The molecule has 0 N–H and O–H groups in total. The zero-order valence-corrected chi connectivity index (χ0v) is 15.8. The van der Waals surface area contributed by atoms with Gasteiger partial charge >= 0.3 is 0 Å². The van der Waals surface area contributed by atoms with Crippen LogP contribution in [0.5, 0.6) is 0 Å². The van der Waals surface area contributed by atoms with E-state index in [0.717, 1.165) is 6.42 Å². The summed E-state index contributed by atoms with van der Waals surface area (Å²) in [6.07, 6.45) is 2.47. The average Bonchev–Trinajstić information content (AvgIpc) is 3.19. The average molecular weight is 388 g/mol. The number of rotatable bonds is 5. The third-order valence-corrected chi connectivity index (χ3v) is 5.43. The first-order valence-electron chi connectivity index (χ1n) is 8.02. The van der Waals surface area contributed by atoms with E-state index in [4.69, 9.17) is 16.6 Å². The van der Waals surface area contributed by atoms with Crippen molar-refractivity contribution in [1.29, 1.82) is 0 Å². The van der Waals surface area contributed by atoms with Crippen LogP contribution in [0.2, 0.25) is 0 Å². The molecule has 1 aromatic heterocycles. The fourth-order valence-electron chi connectivity index (χ4n) is 2.53. The zero-order chi connectivity index (χ0) is 18.8. The van der Waals surface area contributed by atoms with Crippen molar-refractivity contribution in [2.24, 2.45) is 0 Å². The molecule has 0 saturated carbocycles. The summed E-state index contributed by atoms with van der Waals surface area (Å²) in [5, 5.41) is 10.9. The third kappa shape index (κ3) is 3.56. The van der Waals surface area contributed by atoms with Crippen molar-refractivity contribution in [3.63, 3.8) is 0 Å². The van der Waals surface area contributed by atoms with Gasteiger partial charge in [0.15, 0.2) is 0 Å². The van der Waals surface area contributed by atoms with E-state index in [9.17, 15) is 14.9 Å². The molecule has 0 unspecified atom stereocenters. The lowest BCUT2D eigenvalue weighted by Crippen LogP contribution is -2.36. The van der Waals surface area contributed by atoms with E-state index in [1.165, 1.54) is 23.9 Å². The van der Waals surface area contributed by atoms with Gasteiger partial charge in [0.25, 0.3) is 11.6 Å². The number of furan rings is 1. The molecule has 1 aliphatic heterocycles. The number of benzene rings is 1. The second kappa shape index (κ2) is 7.43. The Balaban J connectivity index is 1.86. The maximum atomic E-state index is 12.5. The third-order valence-electron chi connectivity index (χ3n) is 4.10. The number of non-ortho nitro benzene ring substituents is 1. The van der Waals surface area contributed by atoms with Crippen LogP contribution in [-0.4, -0.2) is 26.1 Å². The van der Waals surface area contributed by atoms with Crippen LogP contribution in [0, 0.1) is 10.1 Å². The van der Waals surface area contributed by atoms with Crippen LogP contribution in [0.3, 0.4) is 0 Å². The molecule has 2 heterocycles. The van der Waals surface area contributed by atoms with Gasteiger partial charge in [-0.1, -0.05) is 43.0 Å². The Morgan fingerprint density at radius 2 is 2.15 bits per heavy atom. The summed E-state index contributed by atoms with van der Waals surface area (Å²) >= 11 is 6.56. The van der Waals surface area contributed by atoms with Gasteiger partial charge < -0.3 is 4.42 Å². The molecule has 1 saturated heterocycles. The highest BCUT2D eigenvalue weighted by Gasteiger charge is 2.34. The molecule has 1 atom stereocenters. The molecular weight excluding hydrogens is 372 g/mol. The molecule has 1 fully saturated rings.